The van der Waals surface area contributed by atoms with Crippen molar-refractivity contribution in [3.8, 4) is 0 Å². The predicted octanol–water partition coefficient (Wildman–Crippen LogP) is 4.72. The SMILES string of the molecule is CCCC(C)CC1CC(C(C)C)CCC1CNC. The maximum absolute atomic E-state index is 3.42. The van der Waals surface area contributed by atoms with Gasteiger partial charge in [0.05, 0.1) is 0 Å². The molecule has 0 amide bonds. The lowest BCUT2D eigenvalue weighted by molar-refractivity contribution is 0.125. The normalized spacial score (nSPS) is 30.7. The molecular formula is C17H35N. The third-order valence-corrected chi connectivity index (χ3v) is 5.08. The molecule has 1 N–H and O–H groups in total. The van der Waals surface area contributed by atoms with Crippen molar-refractivity contribution < 1.29 is 0 Å². The van der Waals surface area contributed by atoms with Gasteiger partial charge in [0.25, 0.3) is 0 Å². The van der Waals surface area contributed by atoms with Crippen molar-refractivity contribution in [3.63, 3.8) is 0 Å². The molecule has 0 spiro atoms. The van der Waals surface area contributed by atoms with Crippen molar-refractivity contribution in [2.24, 2.45) is 29.6 Å². The Hall–Kier alpha value is -0.0400. The van der Waals surface area contributed by atoms with Crippen molar-refractivity contribution in [3.05, 3.63) is 0 Å². The van der Waals surface area contributed by atoms with Gasteiger partial charge in [0, 0.05) is 0 Å². The van der Waals surface area contributed by atoms with Gasteiger partial charge in [0.1, 0.15) is 0 Å². The van der Waals surface area contributed by atoms with E-state index in [1.54, 1.807) is 0 Å². The maximum Gasteiger partial charge on any atom is -0.00209 e. The Labute approximate surface area is 115 Å². The molecule has 18 heavy (non-hydrogen) atoms. The minimum atomic E-state index is 0.879. The molecule has 0 bridgehead atoms. The van der Waals surface area contributed by atoms with E-state index in [4.69, 9.17) is 0 Å². The lowest BCUT2D eigenvalue weighted by Gasteiger charge is -2.39. The number of rotatable bonds is 7. The molecule has 0 saturated heterocycles. The van der Waals surface area contributed by atoms with Crippen LogP contribution in [0.15, 0.2) is 0 Å². The van der Waals surface area contributed by atoms with E-state index in [0.717, 1.165) is 29.6 Å². The van der Waals surface area contributed by atoms with Crippen LogP contribution < -0.4 is 5.32 Å². The molecule has 4 atom stereocenters. The summed E-state index contributed by atoms with van der Waals surface area (Å²) in [5, 5.41) is 3.42. The summed E-state index contributed by atoms with van der Waals surface area (Å²) in [7, 11) is 2.11. The molecule has 0 aromatic carbocycles. The highest BCUT2D eigenvalue weighted by molar-refractivity contribution is 4.83. The van der Waals surface area contributed by atoms with E-state index >= 15 is 0 Å². The van der Waals surface area contributed by atoms with Gasteiger partial charge in [-0.25, -0.2) is 0 Å². The average molecular weight is 253 g/mol. The van der Waals surface area contributed by atoms with Gasteiger partial charge in [-0.1, -0.05) is 40.5 Å². The Morgan fingerprint density at radius 2 is 1.83 bits per heavy atom. The molecule has 0 aliphatic heterocycles. The van der Waals surface area contributed by atoms with Crippen LogP contribution in [0.3, 0.4) is 0 Å². The highest BCUT2D eigenvalue weighted by Crippen LogP contribution is 2.40. The summed E-state index contributed by atoms with van der Waals surface area (Å²) in [6, 6.07) is 0. The van der Waals surface area contributed by atoms with Crippen LogP contribution in [0, 0.1) is 29.6 Å². The third kappa shape index (κ3) is 4.91. The summed E-state index contributed by atoms with van der Waals surface area (Å²) >= 11 is 0. The molecule has 1 nitrogen and oxygen atoms in total. The molecule has 1 fully saturated rings. The Morgan fingerprint density at radius 3 is 2.39 bits per heavy atom. The zero-order chi connectivity index (χ0) is 13.5. The van der Waals surface area contributed by atoms with Gasteiger partial charge in [-0.05, 0) is 68.9 Å². The fourth-order valence-electron chi connectivity index (χ4n) is 3.92. The van der Waals surface area contributed by atoms with Crippen molar-refractivity contribution in [1.29, 1.82) is 0 Å². The van der Waals surface area contributed by atoms with Gasteiger partial charge in [-0.15, -0.1) is 0 Å². The minimum absolute atomic E-state index is 0.879. The van der Waals surface area contributed by atoms with E-state index in [-0.39, 0.29) is 0 Å². The van der Waals surface area contributed by atoms with Crippen molar-refractivity contribution in [2.75, 3.05) is 13.6 Å². The molecule has 0 aromatic rings. The summed E-state index contributed by atoms with van der Waals surface area (Å²) in [6.45, 7) is 10.8. The molecule has 0 heterocycles. The van der Waals surface area contributed by atoms with Gasteiger partial charge in [0.15, 0.2) is 0 Å². The minimum Gasteiger partial charge on any atom is -0.319 e. The van der Waals surface area contributed by atoms with Gasteiger partial charge in [-0.3, -0.25) is 0 Å². The Morgan fingerprint density at radius 1 is 1.11 bits per heavy atom. The van der Waals surface area contributed by atoms with Gasteiger partial charge in [-0.2, -0.15) is 0 Å². The predicted molar refractivity (Wildman–Crippen MR) is 81.8 cm³/mol. The first-order chi connectivity index (χ1) is 8.58. The standard InChI is InChI=1S/C17H35N/c1-6-7-14(4)10-17-11-15(13(2)3)8-9-16(17)12-18-5/h13-18H,6-12H2,1-5H3. The van der Waals surface area contributed by atoms with E-state index in [0.29, 0.717) is 0 Å². The van der Waals surface area contributed by atoms with E-state index < -0.39 is 0 Å². The summed E-state index contributed by atoms with van der Waals surface area (Å²) in [5.74, 6) is 4.69. The van der Waals surface area contributed by atoms with Gasteiger partial charge < -0.3 is 5.32 Å². The summed E-state index contributed by atoms with van der Waals surface area (Å²) in [4.78, 5) is 0. The quantitative estimate of drug-likeness (QED) is 0.692. The first kappa shape index (κ1) is 16.0. The van der Waals surface area contributed by atoms with E-state index in [2.05, 4.69) is 40.1 Å². The zero-order valence-electron chi connectivity index (χ0n) is 13.3. The summed E-state index contributed by atoms with van der Waals surface area (Å²) in [5.41, 5.74) is 0. The van der Waals surface area contributed by atoms with Gasteiger partial charge in [0.2, 0.25) is 0 Å². The fraction of sp³-hybridized carbons (Fsp3) is 1.00. The molecule has 0 radical (unpaired) electrons. The summed E-state index contributed by atoms with van der Waals surface area (Å²) in [6.07, 6.45) is 8.62. The molecule has 1 aliphatic carbocycles. The zero-order valence-corrected chi connectivity index (χ0v) is 13.3. The molecule has 0 aromatic heterocycles. The van der Waals surface area contributed by atoms with E-state index in [9.17, 15) is 0 Å². The van der Waals surface area contributed by atoms with E-state index in [1.807, 2.05) is 0 Å². The Bertz CT molecular complexity index is 212. The topological polar surface area (TPSA) is 12.0 Å². The first-order valence-corrected chi connectivity index (χ1v) is 8.23. The maximum atomic E-state index is 3.42. The molecule has 4 unspecified atom stereocenters. The number of nitrogens with one attached hydrogen (secondary N) is 1. The second kappa shape index (κ2) is 8.19. The van der Waals surface area contributed by atoms with Crippen LogP contribution in [0.2, 0.25) is 0 Å². The van der Waals surface area contributed by atoms with Crippen LogP contribution in [0.5, 0.6) is 0 Å². The number of hydrogen-bond donors (Lipinski definition) is 1. The highest BCUT2D eigenvalue weighted by atomic mass is 14.8. The van der Waals surface area contributed by atoms with Crippen LogP contribution in [0.1, 0.15) is 66.2 Å². The average Bonchev–Trinajstić information content (AvgIpc) is 2.31. The van der Waals surface area contributed by atoms with Crippen LogP contribution >= 0.6 is 0 Å². The Kier molecular flexibility index (Phi) is 7.29. The molecule has 1 rings (SSSR count). The number of hydrogen-bond acceptors (Lipinski definition) is 1. The van der Waals surface area contributed by atoms with E-state index in [1.165, 1.54) is 45.1 Å². The van der Waals surface area contributed by atoms with Crippen LogP contribution in [0.25, 0.3) is 0 Å². The molecule has 1 saturated carbocycles. The van der Waals surface area contributed by atoms with Crippen molar-refractivity contribution >= 4 is 0 Å². The van der Waals surface area contributed by atoms with Crippen LogP contribution in [-0.4, -0.2) is 13.6 Å². The lowest BCUT2D eigenvalue weighted by atomic mass is 9.68. The Balaban J connectivity index is 2.54. The molecule has 1 aliphatic rings. The summed E-state index contributed by atoms with van der Waals surface area (Å²) < 4.78 is 0. The van der Waals surface area contributed by atoms with Crippen LogP contribution in [-0.2, 0) is 0 Å². The fourth-order valence-corrected chi connectivity index (χ4v) is 3.92. The second-order valence-corrected chi connectivity index (χ2v) is 7.02. The smallest absolute Gasteiger partial charge is 0.00209 e. The second-order valence-electron chi connectivity index (χ2n) is 7.02. The lowest BCUT2D eigenvalue weighted by Crippen LogP contribution is -2.34. The van der Waals surface area contributed by atoms with Crippen molar-refractivity contribution in [1.82, 2.24) is 5.32 Å². The van der Waals surface area contributed by atoms with Gasteiger partial charge >= 0.3 is 0 Å². The largest absolute Gasteiger partial charge is 0.319 e. The van der Waals surface area contributed by atoms with Crippen molar-refractivity contribution in [2.45, 2.75) is 66.2 Å². The first-order valence-electron chi connectivity index (χ1n) is 8.23. The highest BCUT2D eigenvalue weighted by Gasteiger charge is 2.31. The third-order valence-electron chi connectivity index (χ3n) is 5.08. The molecule has 108 valence electrons. The van der Waals surface area contributed by atoms with Crippen LogP contribution in [0.4, 0.5) is 0 Å². The molecule has 1 heteroatoms. The molecular weight excluding hydrogens is 218 g/mol. The monoisotopic (exact) mass is 253 g/mol.